The van der Waals surface area contributed by atoms with Crippen molar-refractivity contribution in [2.45, 2.75) is 31.8 Å². The molecule has 1 saturated heterocycles. The number of carbonyl (C=O) groups excluding carboxylic acids is 1. The van der Waals surface area contributed by atoms with Crippen LogP contribution in [0.1, 0.15) is 30.6 Å². The van der Waals surface area contributed by atoms with E-state index in [1.165, 1.54) is 0 Å². The van der Waals surface area contributed by atoms with Gasteiger partial charge in [-0.3, -0.25) is 9.78 Å². The van der Waals surface area contributed by atoms with Gasteiger partial charge in [0.05, 0.1) is 5.56 Å². The molecule has 0 spiro atoms. The van der Waals surface area contributed by atoms with Crippen molar-refractivity contribution >= 4 is 5.91 Å². The van der Waals surface area contributed by atoms with Gasteiger partial charge in [-0.2, -0.15) is 0 Å². The van der Waals surface area contributed by atoms with Crippen LogP contribution < -0.4 is 5.73 Å². The number of likely N-dealkylation sites (tertiary alicyclic amines) is 1. The monoisotopic (exact) mass is 219 g/mol. The predicted octanol–water partition coefficient (Wildman–Crippen LogP) is 1.03. The Labute approximate surface area is 95.5 Å². The van der Waals surface area contributed by atoms with Gasteiger partial charge in [-0.1, -0.05) is 0 Å². The second kappa shape index (κ2) is 3.87. The molecular weight excluding hydrogens is 202 g/mol. The van der Waals surface area contributed by atoms with E-state index >= 15 is 0 Å². The zero-order valence-corrected chi connectivity index (χ0v) is 9.68. The smallest absolute Gasteiger partial charge is 0.255 e. The number of rotatable bonds is 1. The zero-order chi connectivity index (χ0) is 11.8. The standard InChI is InChI=1S/C12H17N3O/c1-12(2)6-10(13)8-15(12)11(16)9-4-3-5-14-7-9/h3-5,7,10H,6,8,13H2,1-2H3. The van der Waals surface area contributed by atoms with E-state index < -0.39 is 0 Å². The Morgan fingerprint density at radius 1 is 1.62 bits per heavy atom. The zero-order valence-electron chi connectivity index (χ0n) is 9.68. The maximum atomic E-state index is 12.2. The molecule has 0 aliphatic carbocycles. The Bertz CT molecular complexity index is 389. The molecule has 1 unspecified atom stereocenters. The Hall–Kier alpha value is -1.42. The number of pyridine rings is 1. The lowest BCUT2D eigenvalue weighted by Crippen LogP contribution is -2.42. The molecule has 16 heavy (non-hydrogen) atoms. The quantitative estimate of drug-likeness (QED) is 0.767. The summed E-state index contributed by atoms with van der Waals surface area (Å²) in [5.41, 5.74) is 6.38. The van der Waals surface area contributed by atoms with Gasteiger partial charge in [0.1, 0.15) is 0 Å². The predicted molar refractivity (Wildman–Crippen MR) is 61.9 cm³/mol. The lowest BCUT2D eigenvalue weighted by molar-refractivity contribution is 0.0650. The number of nitrogens with two attached hydrogens (primary N) is 1. The number of nitrogens with zero attached hydrogens (tertiary/aromatic N) is 2. The van der Waals surface area contributed by atoms with Gasteiger partial charge in [-0.25, -0.2) is 0 Å². The van der Waals surface area contributed by atoms with E-state index in [1.54, 1.807) is 24.5 Å². The summed E-state index contributed by atoms with van der Waals surface area (Å²) in [4.78, 5) is 18.0. The molecule has 1 aromatic heterocycles. The van der Waals surface area contributed by atoms with E-state index in [0.29, 0.717) is 12.1 Å². The summed E-state index contributed by atoms with van der Waals surface area (Å²) >= 11 is 0. The molecule has 4 nitrogen and oxygen atoms in total. The fraction of sp³-hybridized carbons (Fsp3) is 0.500. The van der Waals surface area contributed by atoms with Crippen molar-refractivity contribution < 1.29 is 4.79 Å². The van der Waals surface area contributed by atoms with E-state index in [9.17, 15) is 4.79 Å². The molecule has 2 rings (SSSR count). The molecule has 1 fully saturated rings. The first-order valence-corrected chi connectivity index (χ1v) is 5.48. The summed E-state index contributed by atoms with van der Waals surface area (Å²) in [7, 11) is 0. The fourth-order valence-corrected chi connectivity index (χ4v) is 2.30. The van der Waals surface area contributed by atoms with Gasteiger partial charge in [0.25, 0.3) is 5.91 Å². The first-order valence-electron chi connectivity index (χ1n) is 5.48. The van der Waals surface area contributed by atoms with E-state index in [-0.39, 0.29) is 17.5 Å². The lowest BCUT2D eigenvalue weighted by atomic mass is 10.00. The molecule has 1 aromatic rings. The second-order valence-corrected chi connectivity index (χ2v) is 4.93. The van der Waals surface area contributed by atoms with Gasteiger partial charge in [-0.05, 0) is 32.4 Å². The Kier molecular flexibility index (Phi) is 2.68. The van der Waals surface area contributed by atoms with Crippen LogP contribution >= 0.6 is 0 Å². The van der Waals surface area contributed by atoms with Gasteiger partial charge < -0.3 is 10.6 Å². The van der Waals surface area contributed by atoms with E-state index in [2.05, 4.69) is 4.98 Å². The fourth-order valence-electron chi connectivity index (χ4n) is 2.30. The number of carbonyl (C=O) groups is 1. The molecule has 2 N–H and O–H groups in total. The average molecular weight is 219 g/mol. The third-order valence-corrected chi connectivity index (χ3v) is 3.06. The van der Waals surface area contributed by atoms with Crippen molar-refractivity contribution in [2.75, 3.05) is 6.54 Å². The molecule has 0 aromatic carbocycles. The van der Waals surface area contributed by atoms with Gasteiger partial charge in [0.15, 0.2) is 0 Å². The van der Waals surface area contributed by atoms with Crippen LogP contribution in [0.4, 0.5) is 0 Å². The third kappa shape index (κ3) is 1.93. The molecule has 4 heteroatoms. The molecule has 0 saturated carbocycles. The van der Waals surface area contributed by atoms with E-state index in [1.807, 2.05) is 18.7 Å². The summed E-state index contributed by atoms with van der Waals surface area (Å²) in [6.45, 7) is 4.73. The minimum atomic E-state index is -0.160. The van der Waals surface area contributed by atoms with Gasteiger partial charge in [0, 0.05) is 30.5 Å². The summed E-state index contributed by atoms with van der Waals surface area (Å²) in [6, 6.07) is 3.64. The van der Waals surface area contributed by atoms with E-state index in [0.717, 1.165) is 6.42 Å². The third-order valence-electron chi connectivity index (χ3n) is 3.06. The highest BCUT2D eigenvalue weighted by atomic mass is 16.2. The first kappa shape index (κ1) is 11.1. The maximum absolute atomic E-state index is 12.2. The van der Waals surface area contributed by atoms with Gasteiger partial charge in [-0.15, -0.1) is 0 Å². The lowest BCUT2D eigenvalue weighted by Gasteiger charge is -2.31. The summed E-state index contributed by atoms with van der Waals surface area (Å²) < 4.78 is 0. The number of aromatic nitrogens is 1. The van der Waals surface area contributed by atoms with Crippen LogP contribution in [0.2, 0.25) is 0 Å². The topological polar surface area (TPSA) is 59.2 Å². The molecular formula is C12H17N3O. The Morgan fingerprint density at radius 2 is 2.38 bits per heavy atom. The van der Waals surface area contributed by atoms with Crippen LogP contribution in [0.3, 0.4) is 0 Å². The van der Waals surface area contributed by atoms with E-state index in [4.69, 9.17) is 5.73 Å². The van der Waals surface area contributed by atoms with Gasteiger partial charge >= 0.3 is 0 Å². The first-order chi connectivity index (χ1) is 7.50. The molecule has 86 valence electrons. The highest BCUT2D eigenvalue weighted by Crippen LogP contribution is 2.28. The van der Waals surface area contributed by atoms with Crippen molar-refractivity contribution in [3.8, 4) is 0 Å². The van der Waals surface area contributed by atoms with Crippen molar-refractivity contribution in [2.24, 2.45) is 5.73 Å². The molecule has 0 radical (unpaired) electrons. The van der Waals surface area contributed by atoms with Crippen LogP contribution in [0.5, 0.6) is 0 Å². The summed E-state index contributed by atoms with van der Waals surface area (Å²) in [5, 5.41) is 0. The maximum Gasteiger partial charge on any atom is 0.255 e. The average Bonchev–Trinajstić information content (AvgIpc) is 2.52. The van der Waals surface area contributed by atoms with Gasteiger partial charge in [0.2, 0.25) is 0 Å². The molecule has 2 heterocycles. The Balaban J connectivity index is 2.23. The summed E-state index contributed by atoms with van der Waals surface area (Å²) in [6.07, 6.45) is 4.11. The van der Waals surface area contributed by atoms with Crippen LogP contribution in [0.25, 0.3) is 0 Å². The van der Waals surface area contributed by atoms with Crippen LogP contribution in [-0.4, -0.2) is 33.9 Å². The minimum absolute atomic E-state index is 0.0195. The molecule has 1 aliphatic rings. The molecule has 1 amide bonds. The van der Waals surface area contributed by atoms with Crippen LogP contribution in [-0.2, 0) is 0 Å². The van der Waals surface area contributed by atoms with Crippen LogP contribution in [0, 0.1) is 0 Å². The molecule has 1 aliphatic heterocycles. The number of hydrogen-bond donors (Lipinski definition) is 1. The normalized spacial score (nSPS) is 23.4. The molecule has 1 atom stereocenters. The highest BCUT2D eigenvalue weighted by Gasteiger charge is 2.39. The van der Waals surface area contributed by atoms with Crippen molar-refractivity contribution in [1.82, 2.24) is 9.88 Å². The van der Waals surface area contributed by atoms with Crippen LogP contribution in [0.15, 0.2) is 24.5 Å². The molecule has 0 bridgehead atoms. The van der Waals surface area contributed by atoms with Crippen molar-refractivity contribution in [3.05, 3.63) is 30.1 Å². The number of hydrogen-bond acceptors (Lipinski definition) is 3. The highest BCUT2D eigenvalue weighted by molar-refractivity contribution is 5.94. The SMILES string of the molecule is CC1(C)CC(N)CN1C(=O)c1cccnc1. The second-order valence-electron chi connectivity index (χ2n) is 4.93. The van der Waals surface area contributed by atoms with Crippen molar-refractivity contribution in [1.29, 1.82) is 0 Å². The Morgan fingerprint density at radius 3 is 2.88 bits per heavy atom. The largest absolute Gasteiger partial charge is 0.332 e. The number of amides is 1. The van der Waals surface area contributed by atoms with Crippen molar-refractivity contribution in [3.63, 3.8) is 0 Å². The summed E-state index contributed by atoms with van der Waals surface area (Å²) in [5.74, 6) is 0.0195. The minimum Gasteiger partial charge on any atom is -0.332 e.